The number of ether oxygens (including phenoxy) is 1. The van der Waals surface area contributed by atoms with Crippen LogP contribution in [0.3, 0.4) is 0 Å². The number of piperidine rings is 1. The summed E-state index contributed by atoms with van der Waals surface area (Å²) in [5.41, 5.74) is 0.555. The van der Waals surface area contributed by atoms with Crippen LogP contribution in [0.15, 0.2) is 29.2 Å². The molecule has 0 spiro atoms. The van der Waals surface area contributed by atoms with Gasteiger partial charge in [0.2, 0.25) is 15.9 Å². The van der Waals surface area contributed by atoms with Crippen LogP contribution in [-0.2, 0) is 19.6 Å². The highest BCUT2D eigenvalue weighted by molar-refractivity contribution is 7.89. The zero-order valence-electron chi connectivity index (χ0n) is 18.2. The average molecular weight is 453 g/mol. The third kappa shape index (κ3) is 5.75. The molecular formula is C21H32N4O5S. The number of carbonyl (C=O) groups is 2. The summed E-state index contributed by atoms with van der Waals surface area (Å²) in [6.45, 7) is 7.25. The maximum atomic E-state index is 12.7. The molecule has 2 aliphatic heterocycles. The second kappa shape index (κ2) is 10.4. The van der Waals surface area contributed by atoms with Crippen molar-refractivity contribution in [2.45, 2.75) is 44.0 Å². The van der Waals surface area contributed by atoms with Crippen LogP contribution in [0.4, 0.5) is 10.5 Å². The van der Waals surface area contributed by atoms with Crippen molar-refractivity contribution in [1.29, 1.82) is 0 Å². The minimum atomic E-state index is -3.49. The number of sulfonamides is 1. The second-order valence-corrected chi connectivity index (χ2v) is 9.81. The van der Waals surface area contributed by atoms with Crippen molar-refractivity contribution >= 4 is 27.7 Å². The summed E-state index contributed by atoms with van der Waals surface area (Å²) >= 11 is 0. The normalized spacial score (nSPS) is 19.6. The van der Waals surface area contributed by atoms with Gasteiger partial charge < -0.3 is 15.0 Å². The van der Waals surface area contributed by atoms with Gasteiger partial charge in [-0.15, -0.1) is 0 Å². The fourth-order valence-corrected chi connectivity index (χ4v) is 5.40. The van der Waals surface area contributed by atoms with Crippen molar-refractivity contribution in [2.75, 3.05) is 51.2 Å². The fraction of sp³-hybridized carbons (Fsp3) is 0.619. The molecule has 3 rings (SSSR count). The molecule has 172 valence electrons. The highest BCUT2D eigenvalue weighted by Crippen LogP contribution is 2.22. The summed E-state index contributed by atoms with van der Waals surface area (Å²) < 4.78 is 32.0. The number of piperazine rings is 1. The third-order valence-corrected chi connectivity index (χ3v) is 7.75. The predicted molar refractivity (Wildman–Crippen MR) is 117 cm³/mol. The third-order valence-electron chi connectivity index (χ3n) is 5.84. The standard InChI is InChI=1S/C21H32N4O5S/c1-3-30-21(27)24-15-13-23(14-16-24)17(2)20(26)22-18-7-9-19(10-8-18)31(28,29)25-11-5-4-6-12-25/h7-10,17H,3-6,11-16H2,1-2H3,(H,22,26)/t17-/m1/s1. The molecule has 10 heteroatoms. The molecule has 2 fully saturated rings. The molecule has 2 amide bonds. The van der Waals surface area contributed by atoms with Crippen LogP contribution in [0.1, 0.15) is 33.1 Å². The maximum Gasteiger partial charge on any atom is 0.409 e. The van der Waals surface area contributed by atoms with Gasteiger partial charge in [-0.1, -0.05) is 6.42 Å². The zero-order valence-corrected chi connectivity index (χ0v) is 19.1. The van der Waals surface area contributed by atoms with Crippen molar-refractivity contribution < 1.29 is 22.7 Å². The van der Waals surface area contributed by atoms with Crippen molar-refractivity contribution in [2.24, 2.45) is 0 Å². The quantitative estimate of drug-likeness (QED) is 0.708. The Balaban J connectivity index is 1.54. The first kappa shape index (κ1) is 23.5. The van der Waals surface area contributed by atoms with E-state index >= 15 is 0 Å². The van der Waals surface area contributed by atoms with Gasteiger partial charge in [0.25, 0.3) is 0 Å². The number of hydrogen-bond donors (Lipinski definition) is 1. The molecule has 0 unspecified atom stereocenters. The van der Waals surface area contributed by atoms with Crippen LogP contribution in [0.25, 0.3) is 0 Å². The predicted octanol–water partition coefficient (Wildman–Crippen LogP) is 1.96. The van der Waals surface area contributed by atoms with Gasteiger partial charge >= 0.3 is 6.09 Å². The second-order valence-electron chi connectivity index (χ2n) is 7.88. The van der Waals surface area contributed by atoms with Gasteiger partial charge in [0, 0.05) is 45.0 Å². The largest absolute Gasteiger partial charge is 0.450 e. The van der Waals surface area contributed by atoms with Crippen LogP contribution < -0.4 is 5.32 Å². The molecule has 1 N–H and O–H groups in total. The molecule has 1 aromatic rings. The summed E-state index contributed by atoms with van der Waals surface area (Å²) in [6.07, 6.45) is 2.52. The fourth-order valence-electron chi connectivity index (χ4n) is 3.88. The van der Waals surface area contributed by atoms with E-state index in [1.807, 2.05) is 11.8 Å². The number of anilines is 1. The first-order chi connectivity index (χ1) is 14.8. The average Bonchev–Trinajstić information content (AvgIpc) is 2.79. The molecule has 0 aromatic heterocycles. The smallest absolute Gasteiger partial charge is 0.409 e. The van der Waals surface area contributed by atoms with Crippen molar-refractivity contribution in [1.82, 2.24) is 14.1 Å². The van der Waals surface area contributed by atoms with E-state index in [9.17, 15) is 18.0 Å². The number of benzene rings is 1. The Morgan fingerprint density at radius 1 is 1.00 bits per heavy atom. The molecule has 0 radical (unpaired) electrons. The maximum absolute atomic E-state index is 12.7. The van der Waals surface area contributed by atoms with E-state index in [2.05, 4.69) is 5.32 Å². The minimum absolute atomic E-state index is 0.170. The highest BCUT2D eigenvalue weighted by atomic mass is 32.2. The SMILES string of the molecule is CCOC(=O)N1CCN([C@H](C)C(=O)Nc2ccc(S(=O)(=O)N3CCCCC3)cc2)CC1. The molecule has 2 aliphatic rings. The van der Waals surface area contributed by atoms with E-state index in [1.165, 1.54) is 4.31 Å². The van der Waals surface area contributed by atoms with E-state index < -0.39 is 10.0 Å². The molecule has 2 heterocycles. The lowest BCUT2D eigenvalue weighted by Crippen LogP contribution is -2.54. The summed E-state index contributed by atoms with van der Waals surface area (Å²) in [4.78, 5) is 28.4. The van der Waals surface area contributed by atoms with Gasteiger partial charge in [-0.3, -0.25) is 9.69 Å². The molecule has 0 aliphatic carbocycles. The van der Waals surface area contributed by atoms with E-state index in [0.717, 1.165) is 19.3 Å². The van der Waals surface area contributed by atoms with Crippen LogP contribution >= 0.6 is 0 Å². The van der Waals surface area contributed by atoms with E-state index in [0.29, 0.717) is 51.6 Å². The van der Waals surface area contributed by atoms with Crippen LogP contribution in [0.5, 0.6) is 0 Å². The Labute approximate surface area is 184 Å². The number of amides is 2. The zero-order chi connectivity index (χ0) is 22.4. The lowest BCUT2D eigenvalue weighted by molar-refractivity contribution is -0.121. The molecule has 2 saturated heterocycles. The molecule has 1 aromatic carbocycles. The minimum Gasteiger partial charge on any atom is -0.450 e. The summed E-state index contributed by atoms with van der Waals surface area (Å²) in [6, 6.07) is 5.96. The molecular weight excluding hydrogens is 420 g/mol. The summed E-state index contributed by atoms with van der Waals surface area (Å²) in [5, 5.41) is 2.86. The summed E-state index contributed by atoms with van der Waals surface area (Å²) in [7, 11) is -3.49. The van der Waals surface area contributed by atoms with E-state index in [4.69, 9.17) is 4.74 Å². The Morgan fingerprint density at radius 2 is 1.61 bits per heavy atom. The number of hydrogen-bond acceptors (Lipinski definition) is 6. The van der Waals surface area contributed by atoms with E-state index in [1.54, 1.807) is 36.1 Å². The Bertz CT molecular complexity index is 860. The molecule has 1 atom stereocenters. The number of nitrogens with one attached hydrogen (secondary N) is 1. The highest BCUT2D eigenvalue weighted by Gasteiger charge is 2.29. The van der Waals surface area contributed by atoms with Crippen molar-refractivity contribution in [3.05, 3.63) is 24.3 Å². The van der Waals surface area contributed by atoms with Crippen LogP contribution in [0, 0.1) is 0 Å². The monoisotopic (exact) mass is 452 g/mol. The molecule has 0 bridgehead atoms. The Morgan fingerprint density at radius 3 is 2.19 bits per heavy atom. The van der Waals surface area contributed by atoms with Gasteiger partial charge in [-0.05, 0) is 51.0 Å². The van der Waals surface area contributed by atoms with Crippen LogP contribution in [0.2, 0.25) is 0 Å². The van der Waals surface area contributed by atoms with Gasteiger partial charge in [-0.25, -0.2) is 13.2 Å². The Hall–Kier alpha value is -2.17. The first-order valence-corrected chi connectivity index (χ1v) is 12.3. The van der Waals surface area contributed by atoms with Gasteiger partial charge in [0.05, 0.1) is 17.5 Å². The number of rotatable bonds is 6. The van der Waals surface area contributed by atoms with Gasteiger partial charge in [0.1, 0.15) is 0 Å². The molecule has 31 heavy (non-hydrogen) atoms. The molecule has 9 nitrogen and oxygen atoms in total. The van der Waals surface area contributed by atoms with Crippen molar-refractivity contribution in [3.63, 3.8) is 0 Å². The van der Waals surface area contributed by atoms with Gasteiger partial charge in [-0.2, -0.15) is 4.31 Å². The topological polar surface area (TPSA) is 99.3 Å². The van der Waals surface area contributed by atoms with E-state index in [-0.39, 0.29) is 22.9 Å². The first-order valence-electron chi connectivity index (χ1n) is 10.9. The van der Waals surface area contributed by atoms with Crippen molar-refractivity contribution in [3.8, 4) is 0 Å². The molecule has 0 saturated carbocycles. The Kier molecular flexibility index (Phi) is 7.90. The lowest BCUT2D eigenvalue weighted by atomic mass is 10.2. The number of carbonyl (C=O) groups excluding carboxylic acids is 2. The lowest BCUT2D eigenvalue weighted by Gasteiger charge is -2.36. The summed E-state index contributed by atoms with van der Waals surface area (Å²) in [5.74, 6) is -0.170. The van der Waals surface area contributed by atoms with Gasteiger partial charge in [0.15, 0.2) is 0 Å². The number of nitrogens with zero attached hydrogens (tertiary/aromatic N) is 3. The van der Waals surface area contributed by atoms with Crippen LogP contribution in [-0.4, -0.2) is 86.4 Å².